The average Bonchev–Trinajstić information content (AvgIpc) is 3.17. The molecule has 0 aliphatic carbocycles. The number of para-hydroxylation sites is 2. The second-order valence-corrected chi connectivity index (χ2v) is 6.44. The van der Waals surface area contributed by atoms with Crippen LogP contribution in [-0.4, -0.2) is 60.4 Å². The molecule has 5 heteroatoms. The Bertz CT molecular complexity index is 639. The van der Waals surface area contributed by atoms with Gasteiger partial charge in [-0.15, -0.1) is 0 Å². The quantitative estimate of drug-likeness (QED) is 0.868. The molecule has 2 aliphatic heterocycles. The molecular weight excluding hydrogens is 276 g/mol. The summed E-state index contributed by atoms with van der Waals surface area (Å²) < 4.78 is 8.23. The van der Waals surface area contributed by atoms with Gasteiger partial charge in [-0.3, -0.25) is 0 Å². The maximum atomic E-state index is 5.86. The molecule has 2 aromatic rings. The van der Waals surface area contributed by atoms with Gasteiger partial charge in [0, 0.05) is 32.8 Å². The van der Waals surface area contributed by atoms with Crippen molar-refractivity contribution < 1.29 is 4.74 Å². The van der Waals surface area contributed by atoms with E-state index in [9.17, 15) is 0 Å². The smallest absolute Gasteiger partial charge is 0.206 e. The average molecular weight is 300 g/mol. The number of likely N-dealkylation sites (N-methyl/N-ethyl adjacent to an activating group) is 1. The zero-order valence-electron chi connectivity index (χ0n) is 13.2. The van der Waals surface area contributed by atoms with Gasteiger partial charge in [-0.2, -0.15) is 0 Å². The summed E-state index contributed by atoms with van der Waals surface area (Å²) in [5, 5.41) is 0. The first-order chi connectivity index (χ1) is 10.8. The van der Waals surface area contributed by atoms with Crippen molar-refractivity contribution in [2.45, 2.75) is 25.5 Å². The van der Waals surface area contributed by atoms with Crippen molar-refractivity contribution in [1.29, 1.82) is 0 Å². The van der Waals surface area contributed by atoms with E-state index in [1.54, 1.807) is 0 Å². The van der Waals surface area contributed by atoms with Gasteiger partial charge in [-0.05, 0) is 32.0 Å². The Morgan fingerprint density at radius 1 is 1.18 bits per heavy atom. The molecule has 22 heavy (non-hydrogen) atoms. The number of hydrogen-bond acceptors (Lipinski definition) is 4. The molecule has 1 atom stereocenters. The molecule has 2 fully saturated rings. The van der Waals surface area contributed by atoms with Crippen molar-refractivity contribution in [2.24, 2.45) is 0 Å². The highest BCUT2D eigenvalue weighted by Gasteiger charge is 2.24. The van der Waals surface area contributed by atoms with E-state index in [-0.39, 0.29) is 0 Å². The third-order valence-electron chi connectivity index (χ3n) is 4.83. The van der Waals surface area contributed by atoms with E-state index < -0.39 is 0 Å². The molecule has 0 spiro atoms. The van der Waals surface area contributed by atoms with Gasteiger partial charge in [0.15, 0.2) is 0 Å². The summed E-state index contributed by atoms with van der Waals surface area (Å²) in [5.41, 5.74) is 2.32. The van der Waals surface area contributed by atoms with Crippen LogP contribution < -0.4 is 4.90 Å². The lowest BCUT2D eigenvalue weighted by atomic mass is 10.2. The highest BCUT2D eigenvalue weighted by atomic mass is 16.5. The number of anilines is 1. The summed E-state index contributed by atoms with van der Waals surface area (Å²) in [6.45, 7) is 6.12. The topological polar surface area (TPSA) is 33.5 Å². The van der Waals surface area contributed by atoms with Gasteiger partial charge < -0.3 is 19.1 Å². The standard InChI is InChI=1S/C17H24N4O/c1-19-8-10-20(11-9-19)17-18-15-6-2-3-7-16(15)21(17)13-14-5-4-12-22-14/h2-3,6-7,14H,4-5,8-13H2,1H3. The minimum Gasteiger partial charge on any atom is -0.376 e. The fourth-order valence-corrected chi connectivity index (χ4v) is 3.48. The highest BCUT2D eigenvalue weighted by molar-refractivity contribution is 5.78. The predicted octanol–water partition coefficient (Wildman–Crippen LogP) is 1.97. The van der Waals surface area contributed by atoms with E-state index in [2.05, 4.69) is 45.7 Å². The Labute approximate surface area is 131 Å². The van der Waals surface area contributed by atoms with Crippen LogP contribution in [0.1, 0.15) is 12.8 Å². The number of rotatable bonds is 3. The van der Waals surface area contributed by atoms with Gasteiger partial charge in [0.2, 0.25) is 5.95 Å². The van der Waals surface area contributed by atoms with E-state index in [0.29, 0.717) is 6.10 Å². The van der Waals surface area contributed by atoms with Crippen molar-refractivity contribution in [3.05, 3.63) is 24.3 Å². The summed E-state index contributed by atoms with van der Waals surface area (Å²) in [6.07, 6.45) is 2.68. The lowest BCUT2D eigenvalue weighted by Crippen LogP contribution is -2.45. The molecule has 2 saturated heterocycles. The number of hydrogen-bond donors (Lipinski definition) is 0. The molecule has 2 aliphatic rings. The first kappa shape index (κ1) is 14.0. The van der Waals surface area contributed by atoms with E-state index in [1.807, 2.05) is 0 Å². The normalized spacial score (nSPS) is 23.5. The van der Waals surface area contributed by atoms with Crippen LogP contribution >= 0.6 is 0 Å². The van der Waals surface area contributed by atoms with Gasteiger partial charge in [0.1, 0.15) is 0 Å². The minimum absolute atomic E-state index is 0.337. The van der Waals surface area contributed by atoms with E-state index in [0.717, 1.165) is 57.2 Å². The lowest BCUT2D eigenvalue weighted by molar-refractivity contribution is 0.0980. The zero-order chi connectivity index (χ0) is 14.9. The second-order valence-electron chi connectivity index (χ2n) is 6.44. The fraction of sp³-hybridized carbons (Fsp3) is 0.588. The Morgan fingerprint density at radius 3 is 2.77 bits per heavy atom. The number of imidazole rings is 1. The maximum absolute atomic E-state index is 5.86. The van der Waals surface area contributed by atoms with Crippen LogP contribution in [0.5, 0.6) is 0 Å². The molecule has 1 aromatic heterocycles. The van der Waals surface area contributed by atoms with Gasteiger partial charge in [0.25, 0.3) is 0 Å². The predicted molar refractivity (Wildman–Crippen MR) is 88.4 cm³/mol. The Morgan fingerprint density at radius 2 is 2.00 bits per heavy atom. The second kappa shape index (κ2) is 5.89. The number of benzene rings is 1. The molecule has 0 amide bonds. The van der Waals surface area contributed by atoms with E-state index >= 15 is 0 Å². The number of aromatic nitrogens is 2. The Hall–Kier alpha value is -1.59. The molecule has 0 saturated carbocycles. The van der Waals surface area contributed by atoms with Crippen LogP contribution in [0.2, 0.25) is 0 Å². The molecule has 0 bridgehead atoms. The SMILES string of the molecule is CN1CCN(c2nc3ccccc3n2CC2CCCO2)CC1. The third kappa shape index (κ3) is 2.59. The largest absolute Gasteiger partial charge is 0.376 e. The van der Waals surface area contributed by atoms with Crippen LogP contribution in [-0.2, 0) is 11.3 Å². The Balaban J connectivity index is 1.69. The van der Waals surface area contributed by atoms with Crippen LogP contribution in [0, 0.1) is 0 Å². The molecule has 1 aromatic carbocycles. The van der Waals surface area contributed by atoms with Crippen molar-refractivity contribution in [3.8, 4) is 0 Å². The Kier molecular flexibility index (Phi) is 3.76. The summed E-state index contributed by atoms with van der Waals surface area (Å²) in [6, 6.07) is 8.46. The van der Waals surface area contributed by atoms with Crippen LogP contribution in [0.4, 0.5) is 5.95 Å². The van der Waals surface area contributed by atoms with Crippen LogP contribution in [0.25, 0.3) is 11.0 Å². The van der Waals surface area contributed by atoms with Gasteiger partial charge in [-0.1, -0.05) is 12.1 Å². The molecule has 5 nitrogen and oxygen atoms in total. The zero-order valence-corrected chi connectivity index (χ0v) is 13.2. The van der Waals surface area contributed by atoms with Gasteiger partial charge in [0.05, 0.1) is 23.7 Å². The first-order valence-corrected chi connectivity index (χ1v) is 8.31. The van der Waals surface area contributed by atoms with E-state index in [4.69, 9.17) is 9.72 Å². The number of ether oxygens (including phenoxy) is 1. The van der Waals surface area contributed by atoms with Gasteiger partial charge in [-0.25, -0.2) is 4.98 Å². The summed E-state index contributed by atoms with van der Waals surface area (Å²) in [5.74, 6) is 1.12. The van der Waals surface area contributed by atoms with Crippen molar-refractivity contribution in [1.82, 2.24) is 14.5 Å². The van der Waals surface area contributed by atoms with Crippen molar-refractivity contribution in [3.63, 3.8) is 0 Å². The number of nitrogens with zero attached hydrogens (tertiary/aromatic N) is 4. The molecule has 3 heterocycles. The highest BCUT2D eigenvalue weighted by Crippen LogP contribution is 2.26. The monoisotopic (exact) mass is 300 g/mol. The molecule has 4 rings (SSSR count). The molecular formula is C17H24N4O. The molecule has 1 unspecified atom stereocenters. The van der Waals surface area contributed by atoms with Crippen molar-refractivity contribution >= 4 is 17.0 Å². The van der Waals surface area contributed by atoms with Crippen molar-refractivity contribution in [2.75, 3.05) is 44.7 Å². The number of fused-ring (bicyclic) bond motifs is 1. The first-order valence-electron chi connectivity index (χ1n) is 8.31. The fourth-order valence-electron chi connectivity index (χ4n) is 3.48. The maximum Gasteiger partial charge on any atom is 0.206 e. The summed E-state index contributed by atoms with van der Waals surface area (Å²) in [7, 11) is 2.19. The summed E-state index contributed by atoms with van der Waals surface area (Å²) >= 11 is 0. The van der Waals surface area contributed by atoms with Gasteiger partial charge >= 0.3 is 0 Å². The lowest BCUT2D eigenvalue weighted by Gasteiger charge is -2.33. The van der Waals surface area contributed by atoms with Crippen LogP contribution in [0.15, 0.2) is 24.3 Å². The molecule has 0 N–H and O–H groups in total. The summed E-state index contributed by atoms with van der Waals surface area (Å²) in [4.78, 5) is 9.72. The van der Waals surface area contributed by atoms with Crippen LogP contribution in [0.3, 0.4) is 0 Å². The molecule has 118 valence electrons. The third-order valence-corrected chi connectivity index (χ3v) is 4.83. The van der Waals surface area contributed by atoms with E-state index in [1.165, 1.54) is 11.9 Å². The number of piperazine rings is 1. The minimum atomic E-state index is 0.337. The molecule has 0 radical (unpaired) electrons.